The van der Waals surface area contributed by atoms with Crippen LogP contribution in [-0.2, 0) is 4.74 Å². The van der Waals surface area contributed by atoms with Crippen molar-refractivity contribution in [1.29, 1.82) is 0 Å². The van der Waals surface area contributed by atoms with Gasteiger partial charge in [-0.15, -0.1) is 12.4 Å². The molecule has 3 nitrogen and oxygen atoms in total. The SMILES string of the molecule is CC(C)c1ccc([C@H]2NC(=O)OCC2(F)F)cc1.Cl. The van der Waals surface area contributed by atoms with E-state index in [9.17, 15) is 13.6 Å². The van der Waals surface area contributed by atoms with Gasteiger partial charge in [0.25, 0.3) is 0 Å². The maximum absolute atomic E-state index is 13.6. The lowest BCUT2D eigenvalue weighted by Crippen LogP contribution is -2.49. The molecule has 1 fully saturated rings. The second-order valence-corrected chi connectivity index (χ2v) is 4.74. The van der Waals surface area contributed by atoms with Crippen LogP contribution in [0, 0.1) is 0 Å². The molecule has 0 spiro atoms. The Kier molecular flexibility index (Phi) is 4.74. The number of ether oxygens (including phenoxy) is 1. The van der Waals surface area contributed by atoms with Crippen molar-refractivity contribution < 1.29 is 18.3 Å². The second kappa shape index (κ2) is 5.74. The molecule has 2 rings (SSSR count). The Labute approximate surface area is 116 Å². The molecule has 1 aromatic rings. The zero-order valence-electron chi connectivity index (χ0n) is 10.7. The first-order valence-electron chi connectivity index (χ1n) is 5.81. The number of carbonyl (C=O) groups is 1. The van der Waals surface area contributed by atoms with Crippen LogP contribution >= 0.6 is 12.4 Å². The van der Waals surface area contributed by atoms with E-state index in [1.54, 1.807) is 24.3 Å². The van der Waals surface area contributed by atoms with E-state index in [4.69, 9.17) is 0 Å². The van der Waals surface area contributed by atoms with Gasteiger partial charge in [-0.2, -0.15) is 0 Å². The molecule has 1 aliphatic rings. The molecule has 1 aromatic carbocycles. The van der Waals surface area contributed by atoms with Crippen LogP contribution in [0.3, 0.4) is 0 Å². The summed E-state index contributed by atoms with van der Waals surface area (Å²) in [4.78, 5) is 11.0. The Balaban J connectivity index is 0.00000180. The minimum absolute atomic E-state index is 0. The van der Waals surface area contributed by atoms with E-state index in [1.807, 2.05) is 13.8 Å². The number of cyclic esters (lactones) is 1. The number of halogens is 3. The molecule has 19 heavy (non-hydrogen) atoms. The first kappa shape index (κ1) is 15.7. The van der Waals surface area contributed by atoms with Gasteiger partial charge in [0.2, 0.25) is 0 Å². The number of alkyl carbamates (subject to hydrolysis) is 1. The fraction of sp³-hybridized carbons (Fsp3) is 0.462. The van der Waals surface area contributed by atoms with Crippen LogP contribution in [0.5, 0.6) is 0 Å². The third-order valence-corrected chi connectivity index (χ3v) is 3.02. The molecular weight excluding hydrogens is 276 g/mol. The molecule has 6 heteroatoms. The minimum atomic E-state index is -3.09. The summed E-state index contributed by atoms with van der Waals surface area (Å²) >= 11 is 0. The Morgan fingerprint density at radius 1 is 1.32 bits per heavy atom. The van der Waals surface area contributed by atoms with Gasteiger partial charge in [-0.3, -0.25) is 0 Å². The van der Waals surface area contributed by atoms with Crippen molar-refractivity contribution in [2.75, 3.05) is 6.61 Å². The molecule has 0 saturated carbocycles. The van der Waals surface area contributed by atoms with Gasteiger partial charge in [-0.05, 0) is 17.0 Å². The molecule has 0 unspecified atom stereocenters. The quantitative estimate of drug-likeness (QED) is 0.903. The standard InChI is InChI=1S/C13H15F2NO2.ClH/c1-8(2)9-3-5-10(6-4-9)11-13(14,15)7-18-12(17)16-11;/h3-6,8,11H,7H2,1-2H3,(H,16,17);1H/t11-;/m1./s1. The van der Waals surface area contributed by atoms with Crippen LogP contribution in [-0.4, -0.2) is 18.6 Å². The molecule has 1 saturated heterocycles. The van der Waals surface area contributed by atoms with E-state index in [2.05, 4.69) is 10.1 Å². The maximum atomic E-state index is 13.6. The Hall–Kier alpha value is -1.36. The molecule has 1 aliphatic heterocycles. The van der Waals surface area contributed by atoms with Crippen molar-refractivity contribution in [3.63, 3.8) is 0 Å². The van der Waals surface area contributed by atoms with Crippen molar-refractivity contribution in [3.05, 3.63) is 35.4 Å². The highest BCUT2D eigenvalue weighted by atomic mass is 35.5. The zero-order valence-corrected chi connectivity index (χ0v) is 11.5. The third kappa shape index (κ3) is 3.35. The van der Waals surface area contributed by atoms with Crippen LogP contribution in [0.15, 0.2) is 24.3 Å². The van der Waals surface area contributed by atoms with Gasteiger partial charge in [0.15, 0.2) is 6.61 Å². The number of carbonyl (C=O) groups excluding carboxylic acids is 1. The third-order valence-electron chi connectivity index (χ3n) is 3.02. The van der Waals surface area contributed by atoms with Gasteiger partial charge in [0.05, 0.1) is 0 Å². The minimum Gasteiger partial charge on any atom is -0.443 e. The van der Waals surface area contributed by atoms with E-state index < -0.39 is 24.7 Å². The second-order valence-electron chi connectivity index (χ2n) is 4.74. The van der Waals surface area contributed by atoms with Crippen LogP contribution in [0.25, 0.3) is 0 Å². The highest BCUT2D eigenvalue weighted by Crippen LogP contribution is 2.34. The fourth-order valence-corrected chi connectivity index (χ4v) is 1.91. The van der Waals surface area contributed by atoms with E-state index in [0.29, 0.717) is 11.5 Å². The molecule has 0 bridgehead atoms. The number of alkyl halides is 2. The van der Waals surface area contributed by atoms with Gasteiger partial charge in [0.1, 0.15) is 6.04 Å². The summed E-state index contributed by atoms with van der Waals surface area (Å²) in [6.07, 6.45) is -0.807. The van der Waals surface area contributed by atoms with Crippen molar-refractivity contribution >= 4 is 18.5 Å². The fourth-order valence-electron chi connectivity index (χ4n) is 1.91. The normalized spacial score (nSPS) is 21.3. The smallest absolute Gasteiger partial charge is 0.408 e. The highest BCUT2D eigenvalue weighted by Gasteiger charge is 2.46. The van der Waals surface area contributed by atoms with E-state index in [1.165, 1.54) is 0 Å². The molecule has 1 heterocycles. The number of hydrogen-bond acceptors (Lipinski definition) is 2. The Morgan fingerprint density at radius 3 is 2.42 bits per heavy atom. The van der Waals surface area contributed by atoms with Gasteiger partial charge in [0, 0.05) is 0 Å². The lowest BCUT2D eigenvalue weighted by Gasteiger charge is -2.31. The number of nitrogens with one attached hydrogen (secondary N) is 1. The molecule has 0 aromatic heterocycles. The molecular formula is C13H16ClF2NO2. The summed E-state index contributed by atoms with van der Waals surface area (Å²) in [7, 11) is 0. The summed E-state index contributed by atoms with van der Waals surface area (Å²) in [5, 5.41) is 2.16. The summed E-state index contributed by atoms with van der Waals surface area (Å²) in [5.41, 5.74) is 1.46. The molecule has 1 amide bonds. The Morgan fingerprint density at radius 2 is 1.89 bits per heavy atom. The van der Waals surface area contributed by atoms with Crippen molar-refractivity contribution in [1.82, 2.24) is 5.32 Å². The predicted octanol–water partition coefficient (Wildman–Crippen LogP) is 3.65. The Bertz CT molecular complexity index is 448. The summed E-state index contributed by atoms with van der Waals surface area (Å²) < 4.78 is 31.6. The van der Waals surface area contributed by atoms with E-state index in [-0.39, 0.29) is 12.4 Å². The summed E-state index contributed by atoms with van der Waals surface area (Å²) in [6, 6.07) is 5.54. The van der Waals surface area contributed by atoms with Crippen LogP contribution in [0.2, 0.25) is 0 Å². The van der Waals surface area contributed by atoms with E-state index >= 15 is 0 Å². The van der Waals surface area contributed by atoms with E-state index in [0.717, 1.165) is 5.56 Å². The van der Waals surface area contributed by atoms with Crippen molar-refractivity contribution in [3.8, 4) is 0 Å². The molecule has 0 radical (unpaired) electrons. The molecule has 0 aliphatic carbocycles. The van der Waals surface area contributed by atoms with Gasteiger partial charge in [-0.1, -0.05) is 38.1 Å². The number of amides is 1. The average molecular weight is 292 g/mol. The summed E-state index contributed by atoms with van der Waals surface area (Å²) in [6.45, 7) is 3.18. The largest absolute Gasteiger partial charge is 0.443 e. The highest BCUT2D eigenvalue weighted by molar-refractivity contribution is 5.85. The van der Waals surface area contributed by atoms with Crippen LogP contribution < -0.4 is 5.32 Å². The molecule has 1 N–H and O–H groups in total. The predicted molar refractivity (Wildman–Crippen MR) is 70.0 cm³/mol. The van der Waals surface area contributed by atoms with Crippen molar-refractivity contribution in [2.24, 2.45) is 0 Å². The van der Waals surface area contributed by atoms with Crippen molar-refractivity contribution in [2.45, 2.75) is 31.7 Å². The lowest BCUT2D eigenvalue weighted by atomic mass is 9.96. The topological polar surface area (TPSA) is 38.3 Å². The first-order chi connectivity index (χ1) is 8.40. The number of benzene rings is 1. The molecule has 1 atom stereocenters. The van der Waals surface area contributed by atoms with Crippen LogP contribution in [0.4, 0.5) is 13.6 Å². The summed E-state index contributed by atoms with van der Waals surface area (Å²) in [5.74, 6) is -2.75. The van der Waals surface area contributed by atoms with Gasteiger partial charge in [-0.25, -0.2) is 13.6 Å². The number of rotatable bonds is 2. The zero-order chi connectivity index (χ0) is 13.3. The van der Waals surface area contributed by atoms with Gasteiger partial charge < -0.3 is 10.1 Å². The first-order valence-corrected chi connectivity index (χ1v) is 5.81. The average Bonchev–Trinajstić information content (AvgIpc) is 2.32. The monoisotopic (exact) mass is 291 g/mol. The molecule has 106 valence electrons. The van der Waals surface area contributed by atoms with Gasteiger partial charge >= 0.3 is 12.0 Å². The lowest BCUT2D eigenvalue weighted by molar-refractivity contribution is -0.104. The number of hydrogen-bond donors (Lipinski definition) is 1. The maximum Gasteiger partial charge on any atom is 0.408 e. The van der Waals surface area contributed by atoms with Crippen LogP contribution in [0.1, 0.15) is 36.9 Å².